The average Bonchev–Trinajstić information content (AvgIpc) is 3.08. The monoisotopic (exact) mass is 403 g/mol. The number of fused-ring (bicyclic) bond motifs is 1. The highest BCUT2D eigenvalue weighted by molar-refractivity contribution is 6.31. The van der Waals surface area contributed by atoms with Gasteiger partial charge in [-0.15, -0.1) is 0 Å². The molecule has 5 heteroatoms. The van der Waals surface area contributed by atoms with E-state index < -0.39 is 0 Å². The van der Waals surface area contributed by atoms with Crippen molar-refractivity contribution < 1.29 is 4.79 Å². The van der Waals surface area contributed by atoms with Crippen LogP contribution in [-0.4, -0.2) is 15.9 Å². The molecule has 0 aliphatic heterocycles. The number of carbonyl (C=O) groups is 1. The first kappa shape index (κ1) is 19.2. The van der Waals surface area contributed by atoms with E-state index in [4.69, 9.17) is 11.6 Å². The molecule has 2 aromatic heterocycles. The van der Waals surface area contributed by atoms with Gasteiger partial charge < -0.3 is 10.3 Å². The van der Waals surface area contributed by atoms with Crippen molar-refractivity contribution in [1.29, 1.82) is 0 Å². The number of anilines is 1. The maximum Gasteiger partial charge on any atom is 0.224 e. The van der Waals surface area contributed by atoms with Crippen LogP contribution in [0.3, 0.4) is 0 Å². The Morgan fingerprint density at radius 3 is 2.69 bits per heavy atom. The van der Waals surface area contributed by atoms with Gasteiger partial charge in [-0.1, -0.05) is 35.4 Å². The zero-order valence-electron chi connectivity index (χ0n) is 16.2. The fourth-order valence-corrected chi connectivity index (χ4v) is 3.67. The number of hydrogen-bond donors (Lipinski definition) is 2. The summed E-state index contributed by atoms with van der Waals surface area (Å²) in [6, 6.07) is 19.5. The second kappa shape index (κ2) is 8.50. The van der Waals surface area contributed by atoms with E-state index >= 15 is 0 Å². The number of rotatable bonds is 6. The third kappa shape index (κ3) is 4.49. The van der Waals surface area contributed by atoms with E-state index in [1.54, 1.807) is 6.20 Å². The molecule has 2 heterocycles. The Labute approximate surface area is 174 Å². The van der Waals surface area contributed by atoms with Crippen molar-refractivity contribution in [2.75, 3.05) is 5.32 Å². The lowest BCUT2D eigenvalue weighted by Crippen LogP contribution is -2.11. The van der Waals surface area contributed by atoms with Crippen molar-refractivity contribution >= 4 is 34.1 Å². The van der Waals surface area contributed by atoms with Gasteiger partial charge >= 0.3 is 0 Å². The van der Waals surface area contributed by atoms with Gasteiger partial charge in [0.05, 0.1) is 11.4 Å². The van der Waals surface area contributed by atoms with Crippen molar-refractivity contribution in [1.82, 2.24) is 9.97 Å². The van der Waals surface area contributed by atoms with Crippen LogP contribution in [0.4, 0.5) is 5.69 Å². The van der Waals surface area contributed by atoms with Crippen LogP contribution >= 0.6 is 11.6 Å². The molecule has 29 heavy (non-hydrogen) atoms. The number of benzene rings is 2. The second-order valence-corrected chi connectivity index (χ2v) is 7.59. The van der Waals surface area contributed by atoms with Gasteiger partial charge in [0.1, 0.15) is 0 Å². The molecule has 0 aliphatic carbocycles. The number of aromatic amines is 1. The highest BCUT2D eigenvalue weighted by Gasteiger charge is 2.15. The van der Waals surface area contributed by atoms with E-state index in [0.717, 1.165) is 46.4 Å². The highest BCUT2D eigenvalue weighted by Crippen LogP contribution is 2.32. The fraction of sp³-hybridized carbons (Fsp3) is 0.167. The molecular weight excluding hydrogens is 382 g/mol. The standard InChI is InChI=1S/C24H22ClN3O/c1-16-8-11-18(12-9-16)27-23(29)7-4-5-19-20-15-17(25)10-13-21(20)28-24(19)22-6-2-3-14-26-22/h2-3,6,8-15,28H,4-5,7H2,1H3,(H,27,29). The normalized spacial score (nSPS) is 11.0. The number of pyridine rings is 1. The Balaban J connectivity index is 1.51. The highest BCUT2D eigenvalue weighted by atomic mass is 35.5. The molecule has 1 amide bonds. The molecule has 2 aromatic carbocycles. The summed E-state index contributed by atoms with van der Waals surface area (Å²) in [6.45, 7) is 2.03. The number of hydrogen-bond acceptors (Lipinski definition) is 2. The molecule has 0 atom stereocenters. The number of aryl methyl sites for hydroxylation is 2. The van der Waals surface area contributed by atoms with Crippen molar-refractivity contribution in [3.05, 3.63) is 83.0 Å². The maximum atomic E-state index is 12.3. The van der Waals surface area contributed by atoms with E-state index in [0.29, 0.717) is 11.4 Å². The third-order valence-electron chi connectivity index (χ3n) is 4.96. The van der Waals surface area contributed by atoms with Crippen molar-refractivity contribution in [2.24, 2.45) is 0 Å². The lowest BCUT2D eigenvalue weighted by Gasteiger charge is -2.07. The van der Waals surface area contributed by atoms with Crippen molar-refractivity contribution in [2.45, 2.75) is 26.2 Å². The van der Waals surface area contributed by atoms with Crippen molar-refractivity contribution in [3.8, 4) is 11.4 Å². The van der Waals surface area contributed by atoms with Crippen LogP contribution in [0.25, 0.3) is 22.3 Å². The minimum absolute atomic E-state index is 0.0195. The van der Waals surface area contributed by atoms with E-state index in [1.807, 2.05) is 67.6 Å². The number of carbonyl (C=O) groups excluding carboxylic acids is 1. The largest absolute Gasteiger partial charge is 0.353 e. The molecule has 4 rings (SSSR count). The van der Waals surface area contributed by atoms with E-state index in [2.05, 4.69) is 15.3 Å². The van der Waals surface area contributed by atoms with Gasteiger partial charge in [0.2, 0.25) is 5.91 Å². The fourth-order valence-electron chi connectivity index (χ4n) is 3.49. The molecule has 4 nitrogen and oxygen atoms in total. The molecule has 0 saturated heterocycles. The number of nitrogens with one attached hydrogen (secondary N) is 2. The number of H-pyrrole nitrogens is 1. The molecular formula is C24H22ClN3O. The van der Waals surface area contributed by atoms with E-state index in [9.17, 15) is 4.79 Å². The molecule has 0 bridgehead atoms. The molecule has 0 fully saturated rings. The third-order valence-corrected chi connectivity index (χ3v) is 5.19. The molecule has 0 unspecified atom stereocenters. The van der Waals surface area contributed by atoms with Crippen LogP contribution in [-0.2, 0) is 11.2 Å². The van der Waals surface area contributed by atoms with Gasteiger partial charge in [0, 0.05) is 34.2 Å². The lowest BCUT2D eigenvalue weighted by molar-refractivity contribution is -0.116. The Bertz CT molecular complexity index is 1130. The van der Waals surface area contributed by atoms with Crippen LogP contribution in [0.2, 0.25) is 5.02 Å². The summed E-state index contributed by atoms with van der Waals surface area (Å²) in [5.74, 6) is 0.0195. The first-order valence-electron chi connectivity index (χ1n) is 9.68. The topological polar surface area (TPSA) is 57.8 Å². The van der Waals surface area contributed by atoms with Crippen LogP contribution in [0, 0.1) is 6.92 Å². The zero-order valence-corrected chi connectivity index (χ0v) is 17.0. The zero-order chi connectivity index (χ0) is 20.2. The quantitative estimate of drug-likeness (QED) is 0.405. The molecule has 4 aromatic rings. The van der Waals surface area contributed by atoms with Crippen LogP contribution in [0.5, 0.6) is 0 Å². The smallest absolute Gasteiger partial charge is 0.224 e. The Hall–Kier alpha value is -3.11. The molecule has 0 saturated carbocycles. The van der Waals surface area contributed by atoms with Crippen molar-refractivity contribution in [3.63, 3.8) is 0 Å². The SMILES string of the molecule is Cc1ccc(NC(=O)CCCc2c(-c3ccccn3)[nH]c3ccc(Cl)cc23)cc1. The lowest BCUT2D eigenvalue weighted by atomic mass is 10.0. The Morgan fingerprint density at radius 1 is 1.10 bits per heavy atom. The molecule has 0 radical (unpaired) electrons. The molecule has 0 spiro atoms. The maximum absolute atomic E-state index is 12.3. The minimum atomic E-state index is 0.0195. The van der Waals surface area contributed by atoms with Gasteiger partial charge in [-0.05, 0) is 67.8 Å². The number of nitrogens with zero attached hydrogens (tertiary/aromatic N) is 1. The van der Waals surface area contributed by atoms with Crippen LogP contribution < -0.4 is 5.32 Å². The predicted octanol–water partition coefficient (Wildman–Crippen LogP) is 6.15. The first-order chi connectivity index (χ1) is 14.1. The first-order valence-corrected chi connectivity index (χ1v) is 10.1. The number of amides is 1. The van der Waals surface area contributed by atoms with Gasteiger partial charge in [0.15, 0.2) is 0 Å². The van der Waals surface area contributed by atoms with Crippen LogP contribution in [0.15, 0.2) is 66.9 Å². The minimum Gasteiger partial charge on any atom is -0.353 e. The summed E-state index contributed by atoms with van der Waals surface area (Å²) in [5.41, 5.74) is 6.04. The predicted molar refractivity (Wildman–Crippen MR) is 119 cm³/mol. The number of halogens is 1. The Morgan fingerprint density at radius 2 is 1.93 bits per heavy atom. The van der Waals surface area contributed by atoms with Gasteiger partial charge in [0.25, 0.3) is 0 Å². The Kier molecular flexibility index (Phi) is 5.63. The van der Waals surface area contributed by atoms with Crippen LogP contribution in [0.1, 0.15) is 24.0 Å². The van der Waals surface area contributed by atoms with E-state index in [1.165, 1.54) is 5.56 Å². The van der Waals surface area contributed by atoms with E-state index in [-0.39, 0.29) is 5.91 Å². The summed E-state index contributed by atoms with van der Waals surface area (Å²) in [5, 5.41) is 4.74. The average molecular weight is 404 g/mol. The molecule has 2 N–H and O–H groups in total. The van der Waals surface area contributed by atoms with Gasteiger partial charge in [-0.2, -0.15) is 0 Å². The summed E-state index contributed by atoms with van der Waals surface area (Å²) < 4.78 is 0. The second-order valence-electron chi connectivity index (χ2n) is 7.15. The van der Waals surface area contributed by atoms with Gasteiger partial charge in [-0.3, -0.25) is 9.78 Å². The molecule has 0 aliphatic rings. The van der Waals surface area contributed by atoms with Gasteiger partial charge in [-0.25, -0.2) is 0 Å². The number of aromatic nitrogens is 2. The summed E-state index contributed by atoms with van der Waals surface area (Å²) in [4.78, 5) is 20.3. The summed E-state index contributed by atoms with van der Waals surface area (Å²) in [6.07, 6.45) is 3.72. The summed E-state index contributed by atoms with van der Waals surface area (Å²) in [7, 11) is 0. The molecule has 146 valence electrons. The summed E-state index contributed by atoms with van der Waals surface area (Å²) >= 11 is 6.24.